The predicted molar refractivity (Wildman–Crippen MR) is 167 cm³/mol. The fourth-order valence-electron chi connectivity index (χ4n) is 5.24. The van der Waals surface area contributed by atoms with E-state index in [4.69, 9.17) is 4.98 Å². The number of fused-ring (bicyclic) bond motifs is 1. The molecule has 3 aromatic heterocycles. The van der Waals surface area contributed by atoms with Crippen LogP contribution in [0.1, 0.15) is 24.2 Å². The average Bonchev–Trinajstić information content (AvgIpc) is 3.33. The molecule has 2 saturated heterocycles. The molecule has 2 aliphatic rings. The first-order valence-electron chi connectivity index (χ1n) is 14.0. The van der Waals surface area contributed by atoms with E-state index < -0.39 is 0 Å². The second kappa shape index (κ2) is 12.3. The summed E-state index contributed by atoms with van der Waals surface area (Å²) in [7, 11) is 3.97. The summed E-state index contributed by atoms with van der Waals surface area (Å²) in [5.74, 6) is 1.71. The van der Waals surface area contributed by atoms with Crippen LogP contribution >= 0.6 is 11.8 Å². The largest absolute Gasteiger partial charge is 0.363 e. The molecule has 0 bridgehead atoms. The number of carbonyl (C=O) groups excluding carboxylic acids is 2. The fourth-order valence-corrected chi connectivity index (χ4v) is 5.90. The fraction of sp³-hybridized carbons (Fsp3) is 0.290. The van der Waals surface area contributed by atoms with Crippen LogP contribution < -0.4 is 20.4 Å². The molecule has 0 saturated carbocycles. The second-order valence-corrected chi connectivity index (χ2v) is 11.7. The van der Waals surface area contributed by atoms with E-state index in [2.05, 4.69) is 66.9 Å². The van der Waals surface area contributed by atoms with Crippen molar-refractivity contribution in [3.8, 4) is 11.3 Å². The third-order valence-electron chi connectivity index (χ3n) is 7.53. The van der Waals surface area contributed by atoms with Gasteiger partial charge >= 0.3 is 0 Å². The average molecular weight is 581 g/mol. The molecule has 2 fully saturated rings. The van der Waals surface area contributed by atoms with E-state index in [0.29, 0.717) is 29.0 Å². The number of piperidine rings is 1. The van der Waals surface area contributed by atoms with Gasteiger partial charge in [0.2, 0.25) is 5.95 Å². The van der Waals surface area contributed by atoms with Crippen molar-refractivity contribution >= 4 is 51.5 Å². The van der Waals surface area contributed by atoms with Crippen molar-refractivity contribution in [2.24, 2.45) is 5.92 Å². The lowest BCUT2D eigenvalue weighted by Crippen LogP contribution is -2.38. The number of rotatable bonds is 8. The highest BCUT2D eigenvalue weighted by molar-refractivity contribution is 8.18. The number of thioether (sulfide) groups is 1. The molecule has 214 valence electrons. The van der Waals surface area contributed by atoms with Crippen molar-refractivity contribution in [2.75, 3.05) is 43.5 Å². The maximum absolute atomic E-state index is 11.9. The van der Waals surface area contributed by atoms with Crippen molar-refractivity contribution in [1.29, 1.82) is 0 Å². The van der Waals surface area contributed by atoms with Gasteiger partial charge in [-0.1, -0.05) is 24.3 Å². The van der Waals surface area contributed by atoms with E-state index in [1.165, 1.54) is 5.39 Å². The first-order valence-corrected chi connectivity index (χ1v) is 14.8. The van der Waals surface area contributed by atoms with Crippen molar-refractivity contribution in [1.82, 2.24) is 30.6 Å². The number of hydrogen-bond donors (Lipinski definition) is 2. The van der Waals surface area contributed by atoms with Crippen molar-refractivity contribution in [3.63, 3.8) is 0 Å². The monoisotopic (exact) mass is 580 g/mol. The van der Waals surface area contributed by atoms with Crippen LogP contribution in [-0.4, -0.2) is 64.8 Å². The Kier molecular flexibility index (Phi) is 8.11. The number of nitrogens with zero attached hydrogens (tertiary/aromatic N) is 6. The molecule has 10 nitrogen and oxygen atoms in total. The minimum atomic E-state index is -0.385. The van der Waals surface area contributed by atoms with Gasteiger partial charge in [-0.15, -0.1) is 0 Å². The standard InChI is InChI=1S/C31H32N8O2S/c1-38(2)28-8-7-22(18-34-28)25-15-21-5-3-4-6-24(21)26(36-25)19-32-17-20-10-13-39(14-11-20)30-33-12-9-23(35-30)16-27-29(40)37-31(41)42-27/h3-9,12,15-16,18,20,32H,10-11,13-14,17,19H2,1-2H3,(H,37,40,41)/b27-16+. The number of nitrogens with one attached hydrogen (secondary N) is 2. The molecule has 2 amide bonds. The number of hydrogen-bond acceptors (Lipinski definition) is 10. The van der Waals surface area contributed by atoms with Crippen molar-refractivity contribution in [2.45, 2.75) is 19.4 Å². The van der Waals surface area contributed by atoms with E-state index in [0.717, 1.165) is 72.4 Å². The van der Waals surface area contributed by atoms with Crippen LogP contribution in [0.3, 0.4) is 0 Å². The normalized spacial score (nSPS) is 16.8. The zero-order valence-corrected chi connectivity index (χ0v) is 24.4. The Labute approximate surface area is 248 Å². The highest BCUT2D eigenvalue weighted by Crippen LogP contribution is 2.27. The van der Waals surface area contributed by atoms with Crippen LogP contribution in [0.2, 0.25) is 0 Å². The molecule has 1 aromatic carbocycles. The number of carbonyl (C=O) groups is 2. The minimum absolute atomic E-state index is 0.348. The summed E-state index contributed by atoms with van der Waals surface area (Å²) < 4.78 is 0. The molecular weight excluding hydrogens is 548 g/mol. The van der Waals surface area contributed by atoms with E-state index in [-0.39, 0.29) is 11.1 Å². The Bertz CT molecular complexity index is 1650. The van der Waals surface area contributed by atoms with Crippen LogP contribution in [0.4, 0.5) is 16.6 Å². The Hall–Kier alpha value is -4.35. The molecule has 0 radical (unpaired) electrons. The maximum Gasteiger partial charge on any atom is 0.290 e. The summed E-state index contributed by atoms with van der Waals surface area (Å²) in [4.78, 5) is 46.5. The summed E-state index contributed by atoms with van der Waals surface area (Å²) in [6, 6.07) is 16.4. The highest BCUT2D eigenvalue weighted by Gasteiger charge is 2.26. The predicted octanol–water partition coefficient (Wildman–Crippen LogP) is 4.48. The van der Waals surface area contributed by atoms with Crippen molar-refractivity contribution in [3.05, 3.63) is 77.2 Å². The lowest BCUT2D eigenvalue weighted by atomic mass is 9.97. The molecule has 2 aliphatic heterocycles. The lowest BCUT2D eigenvalue weighted by molar-refractivity contribution is -0.115. The topological polar surface area (TPSA) is 116 Å². The van der Waals surface area contributed by atoms with Gasteiger partial charge in [-0.25, -0.2) is 15.0 Å². The number of benzene rings is 1. The van der Waals surface area contributed by atoms with Gasteiger partial charge in [0, 0.05) is 57.1 Å². The molecule has 0 aliphatic carbocycles. The Morgan fingerprint density at radius 2 is 1.90 bits per heavy atom. The number of anilines is 2. The maximum atomic E-state index is 11.9. The van der Waals surface area contributed by atoms with Crippen LogP contribution in [-0.2, 0) is 11.3 Å². The Morgan fingerprint density at radius 3 is 2.64 bits per heavy atom. The molecule has 6 rings (SSSR count). The summed E-state index contributed by atoms with van der Waals surface area (Å²) in [6.45, 7) is 3.30. The third kappa shape index (κ3) is 6.27. The quantitative estimate of drug-likeness (QED) is 0.289. The Balaban J connectivity index is 1.07. The van der Waals surface area contributed by atoms with Crippen molar-refractivity contribution < 1.29 is 9.59 Å². The summed E-state index contributed by atoms with van der Waals surface area (Å²) in [5, 5.41) is 7.90. The SMILES string of the molecule is CN(C)c1ccc(-c2cc3ccccc3c(CNCC3CCN(c4nccc(/C=C5/SC(=O)NC5=O)n4)CC3)n2)cn1. The van der Waals surface area contributed by atoms with Crippen LogP contribution in [0, 0.1) is 5.92 Å². The zero-order chi connectivity index (χ0) is 29.1. The van der Waals surface area contributed by atoms with E-state index >= 15 is 0 Å². The number of imide groups is 1. The van der Waals surface area contributed by atoms with Gasteiger partial charge in [0.1, 0.15) is 5.82 Å². The minimum Gasteiger partial charge on any atom is -0.363 e. The summed E-state index contributed by atoms with van der Waals surface area (Å²) in [5.41, 5.74) is 3.57. The number of aromatic nitrogens is 4. The Morgan fingerprint density at radius 1 is 1.07 bits per heavy atom. The molecule has 0 spiro atoms. The smallest absolute Gasteiger partial charge is 0.290 e. The number of amides is 2. The molecule has 11 heteroatoms. The van der Waals surface area contributed by atoms with Crippen LogP contribution in [0.5, 0.6) is 0 Å². The zero-order valence-electron chi connectivity index (χ0n) is 23.6. The second-order valence-electron chi connectivity index (χ2n) is 10.7. The van der Waals surface area contributed by atoms with E-state index in [9.17, 15) is 9.59 Å². The summed E-state index contributed by atoms with van der Waals surface area (Å²) in [6.07, 6.45) is 7.26. The van der Waals surface area contributed by atoms with Gasteiger partial charge in [0.05, 0.1) is 22.0 Å². The molecular formula is C31H32N8O2S. The first kappa shape index (κ1) is 27.8. The van der Waals surface area contributed by atoms with Gasteiger partial charge in [0.15, 0.2) is 0 Å². The molecule has 2 N–H and O–H groups in total. The third-order valence-corrected chi connectivity index (χ3v) is 8.34. The van der Waals surface area contributed by atoms with Gasteiger partial charge < -0.3 is 15.1 Å². The molecule has 5 heterocycles. The molecule has 0 atom stereocenters. The van der Waals surface area contributed by atoms with Crippen LogP contribution in [0.25, 0.3) is 28.1 Å². The number of pyridine rings is 2. The van der Waals surface area contributed by atoms with Gasteiger partial charge in [-0.3, -0.25) is 19.9 Å². The van der Waals surface area contributed by atoms with E-state index in [1.807, 2.05) is 31.3 Å². The van der Waals surface area contributed by atoms with Gasteiger partial charge in [-0.05, 0) is 72.8 Å². The first-order chi connectivity index (χ1) is 20.4. The van der Waals surface area contributed by atoms with E-state index in [1.54, 1.807) is 18.3 Å². The lowest BCUT2D eigenvalue weighted by Gasteiger charge is -2.32. The molecule has 0 unspecified atom stereocenters. The van der Waals surface area contributed by atoms with Crippen LogP contribution in [0.15, 0.2) is 65.8 Å². The summed E-state index contributed by atoms with van der Waals surface area (Å²) >= 11 is 0.889. The van der Waals surface area contributed by atoms with Gasteiger partial charge in [0.25, 0.3) is 11.1 Å². The molecule has 42 heavy (non-hydrogen) atoms. The highest BCUT2D eigenvalue weighted by atomic mass is 32.2. The van der Waals surface area contributed by atoms with Gasteiger partial charge in [-0.2, -0.15) is 0 Å². The molecule has 4 aromatic rings.